The highest BCUT2D eigenvalue weighted by Gasteiger charge is 2.17. The molecule has 0 saturated heterocycles. The monoisotopic (exact) mass is 400 g/mol. The molecule has 2 heterocycles. The standard InChI is InChI=1S/C20H20N2O3S2/c1-2-22(10-14-7-8-16-17(9-14)25-13-24-16)20(23)12-26-11-19-21-15-5-3-4-6-18(15)27-19/h3-9H,2,10-13H2,1H3. The fraction of sp³-hybridized carbons (Fsp3) is 0.300. The van der Waals surface area contributed by atoms with Crippen LogP contribution in [-0.2, 0) is 17.1 Å². The van der Waals surface area contributed by atoms with E-state index in [0.717, 1.165) is 33.3 Å². The van der Waals surface area contributed by atoms with Gasteiger partial charge in [-0.2, -0.15) is 0 Å². The summed E-state index contributed by atoms with van der Waals surface area (Å²) in [6.07, 6.45) is 0. The number of benzene rings is 2. The fourth-order valence-electron chi connectivity index (χ4n) is 2.93. The van der Waals surface area contributed by atoms with Crippen LogP contribution in [0.15, 0.2) is 42.5 Å². The highest BCUT2D eigenvalue weighted by molar-refractivity contribution is 7.99. The molecule has 7 heteroatoms. The molecule has 1 aliphatic heterocycles. The zero-order valence-corrected chi connectivity index (χ0v) is 16.6. The van der Waals surface area contributed by atoms with Gasteiger partial charge in [-0.15, -0.1) is 23.1 Å². The number of carbonyl (C=O) groups excluding carboxylic acids is 1. The summed E-state index contributed by atoms with van der Waals surface area (Å²) in [4.78, 5) is 19.1. The number of thiazole rings is 1. The van der Waals surface area contributed by atoms with E-state index in [1.165, 1.54) is 4.70 Å². The Morgan fingerprint density at radius 2 is 2.07 bits per heavy atom. The van der Waals surface area contributed by atoms with Gasteiger partial charge in [0.15, 0.2) is 11.5 Å². The molecule has 1 aliphatic rings. The van der Waals surface area contributed by atoms with Crippen LogP contribution in [0.3, 0.4) is 0 Å². The summed E-state index contributed by atoms with van der Waals surface area (Å²) in [5.74, 6) is 2.86. The van der Waals surface area contributed by atoms with Crippen LogP contribution in [0.1, 0.15) is 17.5 Å². The molecule has 0 N–H and O–H groups in total. The largest absolute Gasteiger partial charge is 0.454 e. The number of hydrogen-bond acceptors (Lipinski definition) is 6. The minimum atomic E-state index is 0.140. The van der Waals surface area contributed by atoms with Crippen LogP contribution in [0.5, 0.6) is 11.5 Å². The van der Waals surface area contributed by atoms with Crippen molar-refractivity contribution in [2.45, 2.75) is 19.2 Å². The Morgan fingerprint density at radius 3 is 2.93 bits per heavy atom. The van der Waals surface area contributed by atoms with E-state index in [4.69, 9.17) is 9.47 Å². The van der Waals surface area contributed by atoms with Crippen molar-refractivity contribution in [3.05, 3.63) is 53.0 Å². The fourth-order valence-corrected chi connectivity index (χ4v) is 4.88. The van der Waals surface area contributed by atoms with Crippen molar-refractivity contribution in [3.8, 4) is 11.5 Å². The summed E-state index contributed by atoms with van der Waals surface area (Å²) in [6.45, 7) is 3.52. The molecule has 27 heavy (non-hydrogen) atoms. The van der Waals surface area contributed by atoms with E-state index in [9.17, 15) is 4.79 Å². The van der Waals surface area contributed by atoms with Gasteiger partial charge in [0.1, 0.15) is 5.01 Å². The van der Waals surface area contributed by atoms with Crippen molar-refractivity contribution in [1.29, 1.82) is 0 Å². The second kappa shape index (κ2) is 8.19. The van der Waals surface area contributed by atoms with E-state index in [0.29, 0.717) is 18.8 Å². The van der Waals surface area contributed by atoms with E-state index in [1.807, 2.05) is 48.2 Å². The number of ether oxygens (including phenoxy) is 2. The summed E-state index contributed by atoms with van der Waals surface area (Å²) in [5.41, 5.74) is 2.08. The van der Waals surface area contributed by atoms with Crippen LogP contribution in [0.25, 0.3) is 10.2 Å². The number of amides is 1. The summed E-state index contributed by atoms with van der Waals surface area (Å²) >= 11 is 3.31. The third-order valence-electron chi connectivity index (χ3n) is 4.33. The van der Waals surface area contributed by atoms with Crippen molar-refractivity contribution in [2.75, 3.05) is 19.1 Å². The highest BCUT2D eigenvalue weighted by Crippen LogP contribution is 2.33. The van der Waals surface area contributed by atoms with Crippen LogP contribution < -0.4 is 9.47 Å². The van der Waals surface area contributed by atoms with Gasteiger partial charge in [-0.1, -0.05) is 18.2 Å². The van der Waals surface area contributed by atoms with E-state index < -0.39 is 0 Å². The second-order valence-electron chi connectivity index (χ2n) is 6.16. The summed E-state index contributed by atoms with van der Waals surface area (Å²) < 4.78 is 11.9. The molecule has 3 aromatic rings. The normalized spacial score (nSPS) is 12.5. The number of aromatic nitrogens is 1. The first-order chi connectivity index (χ1) is 13.2. The maximum atomic E-state index is 12.6. The molecule has 1 amide bonds. The van der Waals surface area contributed by atoms with Crippen LogP contribution in [0.2, 0.25) is 0 Å². The van der Waals surface area contributed by atoms with E-state index in [-0.39, 0.29) is 12.7 Å². The van der Waals surface area contributed by atoms with Gasteiger partial charge in [0, 0.05) is 18.8 Å². The second-order valence-corrected chi connectivity index (χ2v) is 8.26. The van der Waals surface area contributed by atoms with Crippen LogP contribution in [0.4, 0.5) is 0 Å². The Balaban J connectivity index is 1.32. The number of carbonyl (C=O) groups is 1. The molecular formula is C20H20N2O3S2. The third-order valence-corrected chi connectivity index (χ3v) is 6.48. The lowest BCUT2D eigenvalue weighted by molar-refractivity contribution is -0.128. The van der Waals surface area contributed by atoms with Gasteiger partial charge in [0.25, 0.3) is 0 Å². The van der Waals surface area contributed by atoms with Gasteiger partial charge in [-0.25, -0.2) is 4.98 Å². The van der Waals surface area contributed by atoms with Crippen molar-refractivity contribution in [3.63, 3.8) is 0 Å². The predicted octanol–water partition coefficient (Wildman–Crippen LogP) is 4.31. The molecule has 5 nitrogen and oxygen atoms in total. The molecule has 0 fully saturated rings. The van der Waals surface area contributed by atoms with Gasteiger partial charge in [0.2, 0.25) is 12.7 Å². The molecule has 0 aliphatic carbocycles. The van der Waals surface area contributed by atoms with Gasteiger partial charge in [-0.05, 0) is 36.8 Å². The summed E-state index contributed by atoms with van der Waals surface area (Å²) in [6, 6.07) is 14.0. The number of fused-ring (bicyclic) bond motifs is 2. The van der Waals surface area contributed by atoms with E-state index in [1.54, 1.807) is 23.1 Å². The van der Waals surface area contributed by atoms with Gasteiger partial charge in [-0.3, -0.25) is 4.79 Å². The van der Waals surface area contributed by atoms with Crippen LogP contribution in [-0.4, -0.2) is 34.9 Å². The van der Waals surface area contributed by atoms with Gasteiger partial charge < -0.3 is 14.4 Å². The molecular weight excluding hydrogens is 380 g/mol. The molecule has 0 unspecified atom stereocenters. The Morgan fingerprint density at radius 1 is 1.22 bits per heavy atom. The lowest BCUT2D eigenvalue weighted by Crippen LogP contribution is -2.31. The average Bonchev–Trinajstić information content (AvgIpc) is 3.31. The number of nitrogens with zero attached hydrogens (tertiary/aromatic N) is 2. The SMILES string of the molecule is CCN(Cc1ccc2c(c1)OCO2)C(=O)CSCc1nc2ccccc2s1. The Labute approximate surface area is 166 Å². The van der Waals surface area contributed by atoms with Crippen LogP contribution in [0, 0.1) is 0 Å². The number of para-hydroxylation sites is 1. The van der Waals surface area contributed by atoms with Crippen molar-refractivity contribution >= 4 is 39.2 Å². The minimum Gasteiger partial charge on any atom is -0.454 e. The molecule has 140 valence electrons. The number of rotatable bonds is 7. The summed E-state index contributed by atoms with van der Waals surface area (Å²) in [5, 5.41) is 1.06. The molecule has 4 rings (SSSR count). The topological polar surface area (TPSA) is 51.7 Å². The lowest BCUT2D eigenvalue weighted by Gasteiger charge is -2.21. The first-order valence-electron chi connectivity index (χ1n) is 8.81. The molecule has 0 atom stereocenters. The Kier molecular flexibility index (Phi) is 5.50. The molecule has 2 aromatic carbocycles. The lowest BCUT2D eigenvalue weighted by atomic mass is 10.2. The first kappa shape index (κ1) is 18.1. The Bertz CT molecular complexity index is 924. The third kappa shape index (κ3) is 4.20. The van der Waals surface area contributed by atoms with Crippen molar-refractivity contribution < 1.29 is 14.3 Å². The smallest absolute Gasteiger partial charge is 0.232 e. The van der Waals surface area contributed by atoms with Gasteiger partial charge in [0.05, 0.1) is 16.0 Å². The van der Waals surface area contributed by atoms with Crippen LogP contribution >= 0.6 is 23.1 Å². The van der Waals surface area contributed by atoms with Gasteiger partial charge >= 0.3 is 0 Å². The molecule has 0 spiro atoms. The maximum Gasteiger partial charge on any atom is 0.232 e. The molecule has 0 saturated carbocycles. The molecule has 1 aromatic heterocycles. The average molecular weight is 401 g/mol. The molecule has 0 bridgehead atoms. The minimum absolute atomic E-state index is 0.140. The number of thioether (sulfide) groups is 1. The Hall–Kier alpha value is -2.25. The molecule has 0 radical (unpaired) electrons. The maximum absolute atomic E-state index is 12.6. The highest BCUT2D eigenvalue weighted by atomic mass is 32.2. The van der Waals surface area contributed by atoms with Crippen molar-refractivity contribution in [2.24, 2.45) is 0 Å². The quantitative estimate of drug-likeness (QED) is 0.592. The predicted molar refractivity (Wildman–Crippen MR) is 109 cm³/mol. The van der Waals surface area contributed by atoms with E-state index >= 15 is 0 Å². The zero-order valence-electron chi connectivity index (χ0n) is 15.0. The number of hydrogen-bond donors (Lipinski definition) is 0. The first-order valence-corrected chi connectivity index (χ1v) is 10.8. The summed E-state index contributed by atoms with van der Waals surface area (Å²) in [7, 11) is 0. The van der Waals surface area contributed by atoms with E-state index in [2.05, 4.69) is 11.1 Å². The van der Waals surface area contributed by atoms with Crippen molar-refractivity contribution in [1.82, 2.24) is 9.88 Å². The zero-order chi connectivity index (χ0) is 18.6.